The van der Waals surface area contributed by atoms with Crippen LogP contribution in [0.4, 0.5) is 4.79 Å². The van der Waals surface area contributed by atoms with Crippen LogP contribution in [0.25, 0.3) is 0 Å². The van der Waals surface area contributed by atoms with E-state index in [0.717, 1.165) is 17.5 Å². The second kappa shape index (κ2) is 7.99. The number of nitrogens with one attached hydrogen (secondary N) is 1. The first-order valence-electron chi connectivity index (χ1n) is 8.71. The molecule has 2 aromatic rings. The minimum Gasteiger partial charge on any atom is -0.453 e. The van der Waals surface area contributed by atoms with Crippen LogP contribution in [0, 0.1) is 6.92 Å². The highest BCUT2D eigenvalue weighted by Gasteiger charge is 2.25. The Balaban J connectivity index is 1.66. The Morgan fingerprint density at radius 1 is 1.27 bits per heavy atom. The highest BCUT2D eigenvalue weighted by atomic mass is 16.5. The maximum atomic E-state index is 12.6. The third kappa shape index (κ3) is 3.85. The average molecular weight is 353 g/mol. The van der Waals surface area contributed by atoms with E-state index in [1.807, 2.05) is 12.1 Å². The van der Waals surface area contributed by atoms with Crippen LogP contribution in [0.1, 0.15) is 32.6 Å². The summed E-state index contributed by atoms with van der Waals surface area (Å²) in [6.07, 6.45) is 4.37. The molecule has 6 nitrogen and oxygen atoms in total. The Hall–Kier alpha value is -2.89. The van der Waals surface area contributed by atoms with Crippen molar-refractivity contribution in [2.24, 2.45) is 0 Å². The lowest BCUT2D eigenvalue weighted by molar-refractivity contribution is 0.0951. The van der Waals surface area contributed by atoms with Gasteiger partial charge in [0.15, 0.2) is 0 Å². The van der Waals surface area contributed by atoms with E-state index < -0.39 is 0 Å². The molecule has 1 aliphatic heterocycles. The maximum Gasteiger partial charge on any atom is 0.409 e. The first kappa shape index (κ1) is 17.9. The van der Waals surface area contributed by atoms with E-state index >= 15 is 0 Å². The molecule has 0 atom stereocenters. The fraction of sp³-hybridized carbons (Fsp3) is 0.350. The van der Waals surface area contributed by atoms with Gasteiger partial charge in [0.1, 0.15) is 0 Å². The highest BCUT2D eigenvalue weighted by molar-refractivity contribution is 5.95. The molecule has 0 bridgehead atoms. The number of hydrogen-bond donors (Lipinski definition) is 1. The Labute approximate surface area is 153 Å². The molecule has 0 saturated carbocycles. The summed E-state index contributed by atoms with van der Waals surface area (Å²) in [4.78, 5) is 30.1. The molecular formula is C20H23N3O3. The SMILES string of the molecule is COC(=O)N1CCc2c(cncc2C(=O)NCCc2ccccc2C)C1. The molecule has 1 aromatic carbocycles. The van der Waals surface area contributed by atoms with Gasteiger partial charge in [0, 0.05) is 25.5 Å². The number of fused-ring (bicyclic) bond motifs is 1. The zero-order valence-corrected chi connectivity index (χ0v) is 15.1. The first-order valence-corrected chi connectivity index (χ1v) is 8.71. The van der Waals surface area contributed by atoms with E-state index in [2.05, 4.69) is 29.4 Å². The largest absolute Gasteiger partial charge is 0.453 e. The fourth-order valence-electron chi connectivity index (χ4n) is 3.27. The molecule has 0 saturated heterocycles. The van der Waals surface area contributed by atoms with Crippen LogP contribution in [-0.4, -0.2) is 42.1 Å². The summed E-state index contributed by atoms with van der Waals surface area (Å²) >= 11 is 0. The summed E-state index contributed by atoms with van der Waals surface area (Å²) in [6.45, 7) is 3.59. The van der Waals surface area contributed by atoms with Crippen molar-refractivity contribution in [3.05, 3.63) is 64.5 Å². The van der Waals surface area contributed by atoms with Crippen molar-refractivity contribution < 1.29 is 14.3 Å². The number of aryl methyl sites for hydroxylation is 1. The van der Waals surface area contributed by atoms with E-state index in [4.69, 9.17) is 4.74 Å². The third-order valence-electron chi connectivity index (χ3n) is 4.76. The molecule has 0 aliphatic carbocycles. The van der Waals surface area contributed by atoms with Crippen molar-refractivity contribution in [1.29, 1.82) is 0 Å². The normalized spacial score (nSPS) is 13.1. The van der Waals surface area contributed by atoms with Crippen LogP contribution in [0.15, 0.2) is 36.7 Å². The van der Waals surface area contributed by atoms with Crippen LogP contribution in [0.3, 0.4) is 0 Å². The van der Waals surface area contributed by atoms with E-state index in [1.54, 1.807) is 17.3 Å². The Bertz CT molecular complexity index is 820. The number of carbonyl (C=O) groups is 2. The molecule has 6 heteroatoms. The fourth-order valence-corrected chi connectivity index (χ4v) is 3.27. The lowest BCUT2D eigenvalue weighted by Gasteiger charge is -2.28. The zero-order chi connectivity index (χ0) is 18.5. The molecule has 3 rings (SSSR count). The Morgan fingerprint density at radius 3 is 2.85 bits per heavy atom. The number of carbonyl (C=O) groups excluding carboxylic acids is 2. The van der Waals surface area contributed by atoms with Crippen LogP contribution >= 0.6 is 0 Å². The van der Waals surface area contributed by atoms with Crippen molar-refractivity contribution in [3.8, 4) is 0 Å². The van der Waals surface area contributed by atoms with Crippen molar-refractivity contribution in [2.45, 2.75) is 26.3 Å². The van der Waals surface area contributed by atoms with Crippen LogP contribution < -0.4 is 5.32 Å². The van der Waals surface area contributed by atoms with Gasteiger partial charge in [-0.3, -0.25) is 9.78 Å². The van der Waals surface area contributed by atoms with Gasteiger partial charge in [0.25, 0.3) is 5.91 Å². The second-order valence-electron chi connectivity index (χ2n) is 6.40. The summed E-state index contributed by atoms with van der Waals surface area (Å²) in [5, 5.41) is 2.99. The number of methoxy groups -OCH3 is 1. The molecule has 0 fully saturated rings. The third-order valence-corrected chi connectivity index (χ3v) is 4.76. The Morgan fingerprint density at radius 2 is 2.08 bits per heavy atom. The standard InChI is InChI=1S/C20H23N3O3/c1-14-5-3-4-6-15(14)7-9-22-19(24)18-12-21-11-16-13-23(20(25)26-2)10-8-17(16)18/h3-6,11-12H,7-10,13H2,1-2H3,(H,22,24). The highest BCUT2D eigenvalue weighted by Crippen LogP contribution is 2.22. The van der Waals surface area contributed by atoms with Crippen LogP contribution in [0.5, 0.6) is 0 Å². The second-order valence-corrected chi connectivity index (χ2v) is 6.40. The summed E-state index contributed by atoms with van der Waals surface area (Å²) in [5.41, 5.74) is 4.91. The zero-order valence-electron chi connectivity index (χ0n) is 15.1. The van der Waals surface area contributed by atoms with E-state index in [9.17, 15) is 9.59 Å². The lowest BCUT2D eigenvalue weighted by atomic mass is 9.97. The van der Waals surface area contributed by atoms with Crippen molar-refractivity contribution in [3.63, 3.8) is 0 Å². The number of ether oxygens (including phenoxy) is 1. The lowest BCUT2D eigenvalue weighted by Crippen LogP contribution is -2.37. The number of hydrogen-bond acceptors (Lipinski definition) is 4. The van der Waals surface area contributed by atoms with Crippen LogP contribution in [-0.2, 0) is 24.1 Å². The summed E-state index contributed by atoms with van der Waals surface area (Å²) in [5.74, 6) is -0.116. The minimum absolute atomic E-state index is 0.116. The summed E-state index contributed by atoms with van der Waals surface area (Å²) in [7, 11) is 1.37. The monoisotopic (exact) mass is 353 g/mol. The summed E-state index contributed by atoms with van der Waals surface area (Å²) < 4.78 is 4.77. The van der Waals surface area contributed by atoms with E-state index in [0.29, 0.717) is 31.6 Å². The van der Waals surface area contributed by atoms with Gasteiger partial charge in [0.05, 0.1) is 19.2 Å². The van der Waals surface area contributed by atoms with E-state index in [-0.39, 0.29) is 12.0 Å². The molecule has 1 aromatic heterocycles. The number of benzene rings is 1. The Kier molecular flexibility index (Phi) is 5.51. The smallest absolute Gasteiger partial charge is 0.409 e. The first-order chi connectivity index (χ1) is 12.6. The number of amides is 2. The van der Waals surface area contributed by atoms with Gasteiger partial charge in [-0.1, -0.05) is 24.3 Å². The minimum atomic E-state index is -0.358. The van der Waals surface area contributed by atoms with Gasteiger partial charge in [0.2, 0.25) is 0 Å². The molecule has 26 heavy (non-hydrogen) atoms. The van der Waals surface area contributed by atoms with Gasteiger partial charge >= 0.3 is 6.09 Å². The van der Waals surface area contributed by atoms with Gasteiger partial charge in [-0.2, -0.15) is 0 Å². The van der Waals surface area contributed by atoms with Gasteiger partial charge in [-0.05, 0) is 42.0 Å². The van der Waals surface area contributed by atoms with Gasteiger partial charge in [-0.15, -0.1) is 0 Å². The molecular weight excluding hydrogens is 330 g/mol. The predicted octanol–water partition coefficient (Wildman–Crippen LogP) is 2.49. The van der Waals surface area contributed by atoms with Crippen molar-refractivity contribution >= 4 is 12.0 Å². The molecule has 2 heterocycles. The van der Waals surface area contributed by atoms with Crippen molar-refractivity contribution in [1.82, 2.24) is 15.2 Å². The molecule has 0 spiro atoms. The van der Waals surface area contributed by atoms with Gasteiger partial charge in [-0.25, -0.2) is 4.79 Å². The average Bonchev–Trinajstić information content (AvgIpc) is 2.67. The number of rotatable bonds is 4. The molecule has 0 radical (unpaired) electrons. The number of aromatic nitrogens is 1. The number of pyridine rings is 1. The molecule has 2 amide bonds. The van der Waals surface area contributed by atoms with Crippen molar-refractivity contribution in [2.75, 3.05) is 20.2 Å². The van der Waals surface area contributed by atoms with E-state index in [1.165, 1.54) is 18.2 Å². The quantitative estimate of drug-likeness (QED) is 0.917. The predicted molar refractivity (Wildman–Crippen MR) is 98.0 cm³/mol. The molecule has 0 unspecified atom stereocenters. The molecule has 1 aliphatic rings. The number of nitrogens with zero attached hydrogens (tertiary/aromatic N) is 2. The summed E-state index contributed by atoms with van der Waals surface area (Å²) in [6, 6.07) is 8.17. The van der Waals surface area contributed by atoms with Gasteiger partial charge < -0.3 is 15.0 Å². The maximum absolute atomic E-state index is 12.6. The molecule has 136 valence electrons. The topological polar surface area (TPSA) is 71.5 Å². The molecule has 1 N–H and O–H groups in total. The van der Waals surface area contributed by atoms with Crippen LogP contribution in [0.2, 0.25) is 0 Å².